The number of halogens is 4. The number of nitrogens with one attached hydrogen (secondary N) is 1. The van der Waals surface area contributed by atoms with Gasteiger partial charge in [0.1, 0.15) is 11.5 Å². The van der Waals surface area contributed by atoms with Crippen LogP contribution in [0.15, 0.2) is 18.2 Å². The second-order valence-electron chi connectivity index (χ2n) is 6.48. The van der Waals surface area contributed by atoms with Gasteiger partial charge in [-0.05, 0) is 54.9 Å². The van der Waals surface area contributed by atoms with Crippen molar-refractivity contribution in [1.29, 1.82) is 0 Å². The molecule has 1 saturated heterocycles. The summed E-state index contributed by atoms with van der Waals surface area (Å²) in [6.07, 6.45) is -3.29. The molecule has 0 spiro atoms. The maximum Gasteiger partial charge on any atom is 0.401 e. The molecule has 1 fully saturated rings. The summed E-state index contributed by atoms with van der Waals surface area (Å²) >= 11 is 0. The van der Waals surface area contributed by atoms with E-state index in [1.165, 1.54) is 27.8 Å². The molecule has 0 saturated carbocycles. The molecule has 0 radical (unpaired) electrons. The Bertz CT molecular complexity index is 821. The Kier molecular flexibility index (Phi) is 5.40. The molecule has 1 N–H and O–H groups in total. The molecule has 0 bridgehead atoms. The third kappa shape index (κ3) is 4.79. The van der Waals surface area contributed by atoms with Crippen molar-refractivity contribution < 1.29 is 22.4 Å². The molecule has 1 aliphatic rings. The summed E-state index contributed by atoms with van der Waals surface area (Å²) in [6, 6.07) is 3.93. The number of hydrogen-bond acceptors (Lipinski definition) is 5. The number of tetrazole rings is 1. The Labute approximate surface area is 152 Å². The summed E-state index contributed by atoms with van der Waals surface area (Å²) in [5.74, 6) is -1.16. The molecule has 1 amide bonds. The zero-order valence-corrected chi connectivity index (χ0v) is 14.5. The fourth-order valence-electron chi connectivity index (χ4n) is 3.12. The zero-order valence-electron chi connectivity index (χ0n) is 14.5. The highest BCUT2D eigenvalue weighted by Crippen LogP contribution is 2.24. The standard InChI is InChI=1S/C16H18F4N6O/c1-10-22-23-24-26(10)14-7-12(4-5-13(14)17)21-15(27)11-3-2-6-25(8-11)9-16(18,19)20/h4-5,7,11H,2-3,6,8-9H2,1H3,(H,21,27). The van der Waals surface area contributed by atoms with Gasteiger partial charge in [-0.3, -0.25) is 9.69 Å². The van der Waals surface area contributed by atoms with E-state index in [2.05, 4.69) is 20.8 Å². The van der Waals surface area contributed by atoms with Crippen LogP contribution in [0.25, 0.3) is 5.69 Å². The molecule has 0 aliphatic carbocycles. The van der Waals surface area contributed by atoms with Crippen LogP contribution in [0, 0.1) is 18.7 Å². The van der Waals surface area contributed by atoms with E-state index in [0.717, 1.165) is 0 Å². The van der Waals surface area contributed by atoms with Crippen molar-refractivity contribution in [2.24, 2.45) is 5.92 Å². The number of aromatic nitrogens is 4. The molecule has 1 atom stereocenters. The Hall–Kier alpha value is -2.56. The molecule has 1 aromatic heterocycles. The summed E-state index contributed by atoms with van der Waals surface area (Å²) in [6.45, 7) is 0.909. The lowest BCUT2D eigenvalue weighted by Gasteiger charge is -2.32. The van der Waals surface area contributed by atoms with E-state index in [1.54, 1.807) is 6.92 Å². The van der Waals surface area contributed by atoms with E-state index >= 15 is 0 Å². The summed E-state index contributed by atoms with van der Waals surface area (Å²) in [7, 11) is 0. The van der Waals surface area contributed by atoms with Gasteiger partial charge in [0.25, 0.3) is 0 Å². The number of carbonyl (C=O) groups excluding carboxylic acids is 1. The maximum atomic E-state index is 14.1. The van der Waals surface area contributed by atoms with Crippen LogP contribution >= 0.6 is 0 Å². The van der Waals surface area contributed by atoms with Crippen LogP contribution in [0.3, 0.4) is 0 Å². The summed E-state index contributed by atoms with van der Waals surface area (Å²) in [4.78, 5) is 13.7. The fourth-order valence-corrected chi connectivity index (χ4v) is 3.12. The first-order valence-corrected chi connectivity index (χ1v) is 8.38. The monoisotopic (exact) mass is 386 g/mol. The third-order valence-electron chi connectivity index (χ3n) is 4.35. The molecule has 146 valence electrons. The van der Waals surface area contributed by atoms with E-state index in [9.17, 15) is 22.4 Å². The molecule has 3 rings (SSSR count). The molecule has 11 heteroatoms. The SMILES string of the molecule is Cc1nnnn1-c1cc(NC(=O)C2CCCN(CC(F)(F)F)C2)ccc1F. The van der Waals surface area contributed by atoms with Gasteiger partial charge < -0.3 is 5.32 Å². The van der Waals surface area contributed by atoms with Gasteiger partial charge in [-0.1, -0.05) is 0 Å². The van der Waals surface area contributed by atoms with Crippen molar-refractivity contribution in [3.8, 4) is 5.69 Å². The summed E-state index contributed by atoms with van der Waals surface area (Å²) in [5, 5.41) is 13.5. The Morgan fingerprint density at radius 1 is 1.37 bits per heavy atom. The zero-order chi connectivity index (χ0) is 19.6. The van der Waals surface area contributed by atoms with Crippen LogP contribution < -0.4 is 5.32 Å². The van der Waals surface area contributed by atoms with Crippen LogP contribution in [0.4, 0.5) is 23.2 Å². The van der Waals surface area contributed by atoms with Gasteiger partial charge in [0.2, 0.25) is 5.91 Å². The lowest BCUT2D eigenvalue weighted by atomic mass is 9.97. The summed E-state index contributed by atoms with van der Waals surface area (Å²) in [5.41, 5.74) is 0.386. The molecular weight excluding hydrogens is 368 g/mol. The number of likely N-dealkylation sites (tertiary alicyclic amines) is 1. The smallest absolute Gasteiger partial charge is 0.326 e. The van der Waals surface area contributed by atoms with Crippen LogP contribution in [-0.4, -0.2) is 56.8 Å². The normalized spacial score (nSPS) is 18.5. The van der Waals surface area contributed by atoms with Crippen LogP contribution in [0.1, 0.15) is 18.7 Å². The number of aryl methyl sites for hydroxylation is 1. The molecule has 2 heterocycles. The van der Waals surface area contributed by atoms with Crippen molar-refractivity contribution in [3.05, 3.63) is 29.8 Å². The number of alkyl halides is 3. The van der Waals surface area contributed by atoms with Crippen molar-refractivity contribution in [2.75, 3.05) is 25.0 Å². The van der Waals surface area contributed by atoms with Crippen molar-refractivity contribution in [1.82, 2.24) is 25.1 Å². The van der Waals surface area contributed by atoms with Crippen LogP contribution in [0.2, 0.25) is 0 Å². The molecule has 1 unspecified atom stereocenters. The Morgan fingerprint density at radius 2 is 2.15 bits per heavy atom. The summed E-state index contributed by atoms with van der Waals surface area (Å²) < 4.78 is 53.0. The molecule has 27 heavy (non-hydrogen) atoms. The topological polar surface area (TPSA) is 75.9 Å². The van der Waals surface area contributed by atoms with Gasteiger partial charge in [-0.15, -0.1) is 5.10 Å². The first-order chi connectivity index (χ1) is 12.7. The van der Waals surface area contributed by atoms with Gasteiger partial charge in [0.05, 0.1) is 12.5 Å². The lowest BCUT2D eigenvalue weighted by molar-refractivity contribution is -0.151. The van der Waals surface area contributed by atoms with Gasteiger partial charge in [0, 0.05) is 12.2 Å². The number of rotatable bonds is 4. The number of amides is 1. The molecular formula is C16H18F4N6O. The van der Waals surface area contributed by atoms with Gasteiger partial charge in [-0.25, -0.2) is 4.39 Å². The minimum atomic E-state index is -4.30. The highest BCUT2D eigenvalue weighted by Gasteiger charge is 2.34. The highest BCUT2D eigenvalue weighted by molar-refractivity contribution is 5.93. The van der Waals surface area contributed by atoms with E-state index in [4.69, 9.17) is 0 Å². The van der Waals surface area contributed by atoms with Gasteiger partial charge in [-0.2, -0.15) is 17.9 Å². The number of benzene rings is 1. The molecule has 1 aromatic carbocycles. The van der Waals surface area contributed by atoms with Gasteiger partial charge in [0.15, 0.2) is 5.82 Å². The largest absolute Gasteiger partial charge is 0.401 e. The predicted molar refractivity (Wildman–Crippen MR) is 87.7 cm³/mol. The van der Waals surface area contributed by atoms with E-state index in [-0.39, 0.29) is 12.2 Å². The molecule has 7 nitrogen and oxygen atoms in total. The van der Waals surface area contributed by atoms with E-state index in [1.807, 2.05) is 0 Å². The average molecular weight is 386 g/mol. The quantitative estimate of drug-likeness (QED) is 0.817. The number of piperidine rings is 1. The highest BCUT2D eigenvalue weighted by atomic mass is 19.4. The van der Waals surface area contributed by atoms with Crippen molar-refractivity contribution in [3.63, 3.8) is 0 Å². The van der Waals surface area contributed by atoms with E-state index in [0.29, 0.717) is 30.9 Å². The fraction of sp³-hybridized carbons (Fsp3) is 0.500. The second kappa shape index (κ2) is 7.59. The maximum absolute atomic E-state index is 14.1. The van der Waals surface area contributed by atoms with Gasteiger partial charge >= 0.3 is 6.18 Å². The number of hydrogen-bond donors (Lipinski definition) is 1. The number of anilines is 1. The minimum absolute atomic E-state index is 0.0332. The molecule has 1 aliphatic heterocycles. The first-order valence-electron chi connectivity index (χ1n) is 8.38. The van der Waals surface area contributed by atoms with E-state index < -0.39 is 30.4 Å². The number of carbonyl (C=O) groups is 1. The predicted octanol–water partition coefficient (Wildman–Crippen LogP) is 2.32. The second-order valence-corrected chi connectivity index (χ2v) is 6.48. The molecule has 2 aromatic rings. The van der Waals surface area contributed by atoms with Crippen LogP contribution in [-0.2, 0) is 4.79 Å². The van der Waals surface area contributed by atoms with Crippen molar-refractivity contribution in [2.45, 2.75) is 25.9 Å². The van der Waals surface area contributed by atoms with Crippen LogP contribution in [0.5, 0.6) is 0 Å². The number of nitrogens with zero attached hydrogens (tertiary/aromatic N) is 5. The lowest BCUT2D eigenvalue weighted by Crippen LogP contribution is -2.44. The minimum Gasteiger partial charge on any atom is -0.326 e. The third-order valence-corrected chi connectivity index (χ3v) is 4.35. The van der Waals surface area contributed by atoms with Crippen molar-refractivity contribution >= 4 is 11.6 Å². The Balaban J connectivity index is 1.70. The first kappa shape index (κ1) is 19.2. The Morgan fingerprint density at radius 3 is 2.81 bits per heavy atom. The average Bonchev–Trinajstić information content (AvgIpc) is 3.01.